The maximum atomic E-state index is 12.1. The SMILES string of the molecule is O=S(=O)(Nc1cccnc1)c1ccc(CNC2CC2)o1. The van der Waals surface area contributed by atoms with Gasteiger partial charge in [-0.2, -0.15) is 8.42 Å². The van der Waals surface area contributed by atoms with E-state index in [9.17, 15) is 8.42 Å². The topological polar surface area (TPSA) is 84.2 Å². The van der Waals surface area contributed by atoms with Crippen LogP contribution in [0.5, 0.6) is 0 Å². The highest BCUT2D eigenvalue weighted by molar-refractivity contribution is 7.92. The third kappa shape index (κ3) is 3.17. The van der Waals surface area contributed by atoms with Crippen molar-refractivity contribution in [1.29, 1.82) is 0 Å². The Balaban J connectivity index is 1.70. The Morgan fingerprint density at radius 1 is 1.30 bits per heavy atom. The van der Waals surface area contributed by atoms with Crippen molar-refractivity contribution < 1.29 is 12.8 Å². The Kier molecular flexibility index (Phi) is 3.45. The zero-order valence-electron chi connectivity index (χ0n) is 10.7. The number of aromatic nitrogens is 1. The van der Waals surface area contributed by atoms with Gasteiger partial charge in [-0.3, -0.25) is 9.71 Å². The maximum Gasteiger partial charge on any atom is 0.295 e. The molecule has 1 aliphatic carbocycles. The van der Waals surface area contributed by atoms with E-state index < -0.39 is 10.0 Å². The van der Waals surface area contributed by atoms with Gasteiger partial charge in [0.25, 0.3) is 10.0 Å². The van der Waals surface area contributed by atoms with Crippen molar-refractivity contribution in [2.24, 2.45) is 0 Å². The van der Waals surface area contributed by atoms with Crippen molar-refractivity contribution in [3.05, 3.63) is 42.4 Å². The first-order valence-corrected chi connectivity index (χ1v) is 7.87. The fourth-order valence-corrected chi connectivity index (χ4v) is 2.75. The molecule has 1 fully saturated rings. The van der Waals surface area contributed by atoms with Crippen molar-refractivity contribution >= 4 is 15.7 Å². The van der Waals surface area contributed by atoms with Crippen molar-refractivity contribution in [3.8, 4) is 0 Å². The largest absolute Gasteiger partial charge is 0.446 e. The van der Waals surface area contributed by atoms with E-state index in [0.717, 1.165) is 0 Å². The number of hydrogen-bond donors (Lipinski definition) is 2. The summed E-state index contributed by atoms with van der Waals surface area (Å²) in [5.74, 6) is 0.614. The van der Waals surface area contributed by atoms with Gasteiger partial charge in [0, 0.05) is 12.2 Å². The molecule has 20 heavy (non-hydrogen) atoms. The average Bonchev–Trinajstić information content (AvgIpc) is 3.13. The Bertz CT molecular complexity index is 678. The van der Waals surface area contributed by atoms with Crippen molar-refractivity contribution in [2.75, 3.05) is 4.72 Å². The summed E-state index contributed by atoms with van der Waals surface area (Å²) in [5.41, 5.74) is 0.404. The average molecular weight is 293 g/mol. The highest BCUT2D eigenvalue weighted by Crippen LogP contribution is 2.21. The fourth-order valence-electron chi connectivity index (χ4n) is 1.76. The minimum Gasteiger partial charge on any atom is -0.446 e. The first-order valence-electron chi connectivity index (χ1n) is 6.38. The lowest BCUT2D eigenvalue weighted by molar-refractivity contribution is 0.403. The number of anilines is 1. The molecule has 1 saturated carbocycles. The van der Waals surface area contributed by atoms with Crippen LogP contribution in [0, 0.1) is 0 Å². The predicted molar refractivity (Wildman–Crippen MR) is 73.6 cm³/mol. The quantitative estimate of drug-likeness (QED) is 0.847. The highest BCUT2D eigenvalue weighted by Gasteiger charge is 2.22. The van der Waals surface area contributed by atoms with E-state index in [4.69, 9.17) is 4.42 Å². The highest BCUT2D eigenvalue weighted by atomic mass is 32.2. The lowest BCUT2D eigenvalue weighted by Crippen LogP contribution is -2.15. The number of nitrogens with one attached hydrogen (secondary N) is 2. The van der Waals surface area contributed by atoms with Crippen LogP contribution in [0.15, 0.2) is 46.2 Å². The Morgan fingerprint density at radius 2 is 2.15 bits per heavy atom. The number of nitrogens with zero attached hydrogens (tertiary/aromatic N) is 1. The Morgan fingerprint density at radius 3 is 2.85 bits per heavy atom. The van der Waals surface area contributed by atoms with Crippen LogP contribution in [0.2, 0.25) is 0 Å². The molecular weight excluding hydrogens is 278 g/mol. The first kappa shape index (κ1) is 13.1. The van der Waals surface area contributed by atoms with Gasteiger partial charge in [0.1, 0.15) is 5.76 Å². The van der Waals surface area contributed by atoms with E-state index in [2.05, 4.69) is 15.0 Å². The van der Waals surface area contributed by atoms with Crippen LogP contribution >= 0.6 is 0 Å². The second-order valence-electron chi connectivity index (χ2n) is 4.72. The molecule has 3 rings (SSSR count). The molecule has 0 aromatic carbocycles. The molecule has 0 amide bonds. The molecule has 0 atom stereocenters. The van der Waals surface area contributed by atoms with Gasteiger partial charge >= 0.3 is 0 Å². The molecule has 0 unspecified atom stereocenters. The predicted octanol–water partition coefficient (Wildman–Crippen LogP) is 1.73. The monoisotopic (exact) mass is 293 g/mol. The third-order valence-corrected chi connectivity index (χ3v) is 4.21. The number of rotatable bonds is 6. The molecule has 2 heterocycles. The van der Waals surface area contributed by atoms with Crippen molar-refractivity contribution in [2.45, 2.75) is 30.5 Å². The summed E-state index contributed by atoms with van der Waals surface area (Å²) in [5, 5.41) is 3.18. The smallest absolute Gasteiger partial charge is 0.295 e. The summed E-state index contributed by atoms with van der Waals surface area (Å²) in [6, 6.07) is 6.97. The summed E-state index contributed by atoms with van der Waals surface area (Å²) >= 11 is 0. The molecule has 106 valence electrons. The van der Waals surface area contributed by atoms with Gasteiger partial charge < -0.3 is 9.73 Å². The lowest BCUT2D eigenvalue weighted by atomic mass is 10.4. The summed E-state index contributed by atoms with van der Waals surface area (Å²) < 4.78 is 32.0. The van der Waals surface area contributed by atoms with Crippen LogP contribution < -0.4 is 10.0 Å². The third-order valence-electron chi connectivity index (χ3n) is 2.96. The molecule has 2 N–H and O–H groups in total. The van der Waals surface area contributed by atoms with Crippen molar-refractivity contribution in [1.82, 2.24) is 10.3 Å². The van der Waals surface area contributed by atoms with Crippen LogP contribution in [-0.2, 0) is 16.6 Å². The van der Waals surface area contributed by atoms with Crippen molar-refractivity contribution in [3.63, 3.8) is 0 Å². The minimum atomic E-state index is -3.70. The molecule has 6 nitrogen and oxygen atoms in total. The number of furan rings is 1. The van der Waals surface area contributed by atoms with E-state index in [1.54, 1.807) is 24.4 Å². The normalized spacial score (nSPS) is 15.2. The van der Waals surface area contributed by atoms with E-state index in [1.165, 1.54) is 25.1 Å². The van der Waals surface area contributed by atoms with Gasteiger partial charge in [-0.1, -0.05) is 0 Å². The van der Waals surface area contributed by atoms with Crippen LogP contribution in [0.3, 0.4) is 0 Å². The van der Waals surface area contributed by atoms with Crippen LogP contribution in [0.25, 0.3) is 0 Å². The zero-order chi connectivity index (χ0) is 14.0. The van der Waals surface area contributed by atoms with Gasteiger partial charge in [0.15, 0.2) is 0 Å². The summed E-state index contributed by atoms with van der Waals surface area (Å²) in [6.07, 6.45) is 5.37. The minimum absolute atomic E-state index is 0.0889. The molecule has 7 heteroatoms. The Hall–Kier alpha value is -1.86. The maximum absolute atomic E-state index is 12.1. The van der Waals surface area contributed by atoms with Crippen LogP contribution in [0.1, 0.15) is 18.6 Å². The van der Waals surface area contributed by atoms with Gasteiger partial charge in [-0.15, -0.1) is 0 Å². The van der Waals surface area contributed by atoms with E-state index in [0.29, 0.717) is 24.0 Å². The molecule has 2 aromatic rings. The van der Waals surface area contributed by atoms with Crippen LogP contribution in [0.4, 0.5) is 5.69 Å². The molecule has 0 spiro atoms. The molecule has 0 saturated heterocycles. The van der Waals surface area contributed by atoms with E-state index in [1.807, 2.05) is 0 Å². The second-order valence-corrected chi connectivity index (χ2v) is 6.34. The van der Waals surface area contributed by atoms with Gasteiger partial charge in [0.05, 0.1) is 18.4 Å². The number of sulfonamides is 1. The molecule has 2 aromatic heterocycles. The van der Waals surface area contributed by atoms with Gasteiger partial charge in [-0.05, 0) is 37.1 Å². The Labute approximate surface area is 117 Å². The summed E-state index contributed by atoms with van der Waals surface area (Å²) in [7, 11) is -3.70. The molecule has 0 radical (unpaired) electrons. The van der Waals surface area contributed by atoms with Crippen LogP contribution in [-0.4, -0.2) is 19.4 Å². The molecular formula is C13H15N3O3S. The zero-order valence-corrected chi connectivity index (χ0v) is 11.6. The first-order chi connectivity index (χ1) is 9.63. The lowest BCUT2D eigenvalue weighted by Gasteiger charge is -2.04. The molecule has 1 aliphatic rings. The van der Waals surface area contributed by atoms with Gasteiger partial charge in [-0.25, -0.2) is 0 Å². The second kappa shape index (κ2) is 5.26. The number of hydrogen-bond acceptors (Lipinski definition) is 5. The van der Waals surface area contributed by atoms with E-state index in [-0.39, 0.29) is 5.09 Å². The summed E-state index contributed by atoms with van der Waals surface area (Å²) in [4.78, 5) is 3.86. The number of pyridine rings is 1. The molecule has 0 bridgehead atoms. The van der Waals surface area contributed by atoms with Gasteiger partial charge in [0.2, 0.25) is 5.09 Å². The fraction of sp³-hybridized carbons (Fsp3) is 0.308. The standard InChI is InChI=1S/C13H15N3O3S/c17-20(18,16-11-2-1-7-14-8-11)13-6-5-12(19-13)9-15-10-3-4-10/h1-2,5-8,10,15-16H,3-4,9H2. The summed E-state index contributed by atoms with van der Waals surface area (Å²) in [6.45, 7) is 0.549. The van der Waals surface area contributed by atoms with E-state index >= 15 is 0 Å². The molecule has 0 aliphatic heterocycles.